The largest absolute Gasteiger partial charge is 0.314 e. The van der Waals surface area contributed by atoms with Crippen molar-refractivity contribution in [1.82, 2.24) is 10.3 Å². The smallest absolute Gasteiger partial charge is 0.275 e. The van der Waals surface area contributed by atoms with Gasteiger partial charge in [-0.15, -0.1) is 0 Å². The summed E-state index contributed by atoms with van der Waals surface area (Å²) in [6.45, 7) is 6.82. The molecule has 0 bridgehead atoms. The molecule has 1 heterocycles. The Balaban J connectivity index is 2.72. The van der Waals surface area contributed by atoms with Gasteiger partial charge in [0.25, 0.3) is 5.69 Å². The molecule has 0 aliphatic rings. The number of pyridine rings is 1. The molecular weight excluding hydrogens is 218 g/mol. The lowest BCUT2D eigenvalue weighted by atomic mass is 10.1. The van der Waals surface area contributed by atoms with E-state index < -0.39 is 0 Å². The van der Waals surface area contributed by atoms with Crippen molar-refractivity contribution in [2.75, 3.05) is 6.54 Å². The molecule has 0 amide bonds. The number of aryl methyl sites for hydroxylation is 1. The summed E-state index contributed by atoms with van der Waals surface area (Å²) in [6, 6.07) is 1.85. The number of hydrogen-bond acceptors (Lipinski definition) is 4. The van der Waals surface area contributed by atoms with Crippen LogP contribution in [0, 0.1) is 17.0 Å². The van der Waals surface area contributed by atoms with Crippen LogP contribution in [0.5, 0.6) is 0 Å². The van der Waals surface area contributed by atoms with Gasteiger partial charge in [-0.3, -0.25) is 15.1 Å². The maximum Gasteiger partial charge on any atom is 0.275 e. The third kappa shape index (κ3) is 4.11. The van der Waals surface area contributed by atoms with E-state index in [2.05, 4.69) is 24.1 Å². The molecule has 0 aliphatic heterocycles. The van der Waals surface area contributed by atoms with Gasteiger partial charge in [0.2, 0.25) is 0 Å². The molecule has 0 radical (unpaired) electrons. The highest BCUT2D eigenvalue weighted by atomic mass is 16.6. The van der Waals surface area contributed by atoms with Crippen molar-refractivity contribution in [3.05, 3.63) is 33.6 Å². The van der Waals surface area contributed by atoms with Crippen molar-refractivity contribution >= 4 is 5.69 Å². The molecule has 1 aromatic rings. The summed E-state index contributed by atoms with van der Waals surface area (Å²) < 4.78 is 0. The first-order chi connectivity index (χ1) is 8.04. The Morgan fingerprint density at radius 3 is 2.88 bits per heavy atom. The minimum atomic E-state index is -0.356. The Bertz CT molecular complexity index is 393. The SMILES string of the molecule is CCCNC(C)Cc1cc([N+](=O)[O-])c(C)cn1. The van der Waals surface area contributed by atoms with E-state index in [1.54, 1.807) is 19.2 Å². The van der Waals surface area contributed by atoms with Gasteiger partial charge in [0, 0.05) is 36.0 Å². The van der Waals surface area contributed by atoms with E-state index in [0.717, 1.165) is 18.7 Å². The predicted octanol–water partition coefficient (Wildman–Crippen LogP) is 2.23. The molecule has 1 aromatic heterocycles. The van der Waals surface area contributed by atoms with Gasteiger partial charge < -0.3 is 5.32 Å². The molecule has 5 nitrogen and oxygen atoms in total. The summed E-state index contributed by atoms with van der Waals surface area (Å²) >= 11 is 0. The van der Waals surface area contributed by atoms with E-state index in [9.17, 15) is 10.1 Å². The average molecular weight is 237 g/mol. The van der Waals surface area contributed by atoms with Gasteiger partial charge in [0.05, 0.1) is 4.92 Å². The summed E-state index contributed by atoms with van der Waals surface area (Å²) in [5.41, 5.74) is 1.52. The lowest BCUT2D eigenvalue weighted by Crippen LogP contribution is -2.29. The number of nitro groups is 1. The van der Waals surface area contributed by atoms with Crippen LogP contribution in [-0.4, -0.2) is 22.5 Å². The first-order valence-corrected chi connectivity index (χ1v) is 5.88. The molecule has 1 N–H and O–H groups in total. The molecule has 1 atom stereocenters. The summed E-state index contributed by atoms with van der Waals surface area (Å²) in [5.74, 6) is 0. The zero-order chi connectivity index (χ0) is 12.8. The highest BCUT2D eigenvalue weighted by Gasteiger charge is 2.13. The monoisotopic (exact) mass is 237 g/mol. The van der Waals surface area contributed by atoms with Crippen LogP contribution < -0.4 is 5.32 Å². The van der Waals surface area contributed by atoms with Crippen molar-refractivity contribution < 1.29 is 4.92 Å². The molecule has 0 spiro atoms. The Hall–Kier alpha value is -1.49. The van der Waals surface area contributed by atoms with Gasteiger partial charge in [-0.2, -0.15) is 0 Å². The third-order valence-corrected chi connectivity index (χ3v) is 2.59. The first-order valence-electron chi connectivity index (χ1n) is 5.88. The molecule has 0 saturated carbocycles. The summed E-state index contributed by atoms with van der Waals surface area (Å²) in [7, 11) is 0. The predicted molar refractivity (Wildman–Crippen MR) is 67.1 cm³/mol. The molecule has 0 fully saturated rings. The van der Waals surface area contributed by atoms with Gasteiger partial charge >= 0.3 is 0 Å². The number of nitrogens with one attached hydrogen (secondary N) is 1. The topological polar surface area (TPSA) is 68.1 Å². The number of rotatable bonds is 6. The van der Waals surface area contributed by atoms with E-state index >= 15 is 0 Å². The number of hydrogen-bond donors (Lipinski definition) is 1. The Labute approximate surface area is 101 Å². The summed E-state index contributed by atoms with van der Waals surface area (Å²) in [6.07, 6.45) is 3.35. The second-order valence-electron chi connectivity index (χ2n) is 4.28. The van der Waals surface area contributed by atoms with E-state index in [0.29, 0.717) is 12.0 Å². The number of nitrogens with zero attached hydrogens (tertiary/aromatic N) is 2. The first kappa shape index (κ1) is 13.6. The second kappa shape index (κ2) is 6.30. The van der Waals surface area contributed by atoms with Crippen molar-refractivity contribution in [2.24, 2.45) is 0 Å². The molecule has 0 aliphatic carbocycles. The maximum atomic E-state index is 10.8. The van der Waals surface area contributed by atoms with Crippen LogP contribution in [0.25, 0.3) is 0 Å². The zero-order valence-corrected chi connectivity index (χ0v) is 10.6. The molecule has 0 aromatic carbocycles. The fourth-order valence-electron chi connectivity index (χ4n) is 1.64. The standard InChI is InChI=1S/C12H19N3O2/c1-4-5-13-10(3)6-11-7-12(15(16)17)9(2)8-14-11/h7-8,10,13H,4-6H2,1-3H3. The van der Waals surface area contributed by atoms with Crippen LogP contribution in [-0.2, 0) is 6.42 Å². The Kier molecular flexibility index (Phi) is 5.03. The Morgan fingerprint density at radius 2 is 2.29 bits per heavy atom. The lowest BCUT2D eigenvalue weighted by molar-refractivity contribution is -0.385. The van der Waals surface area contributed by atoms with E-state index in [1.807, 2.05) is 0 Å². The molecular formula is C12H19N3O2. The number of aromatic nitrogens is 1. The molecule has 17 heavy (non-hydrogen) atoms. The van der Waals surface area contributed by atoms with Gasteiger partial charge in [0.15, 0.2) is 0 Å². The van der Waals surface area contributed by atoms with Crippen LogP contribution in [0.2, 0.25) is 0 Å². The van der Waals surface area contributed by atoms with E-state index in [-0.39, 0.29) is 16.7 Å². The van der Waals surface area contributed by atoms with Gasteiger partial charge in [-0.25, -0.2) is 0 Å². The normalized spacial score (nSPS) is 12.4. The maximum absolute atomic E-state index is 10.8. The van der Waals surface area contributed by atoms with Gasteiger partial charge in [-0.1, -0.05) is 6.92 Å². The fraction of sp³-hybridized carbons (Fsp3) is 0.583. The van der Waals surface area contributed by atoms with Crippen molar-refractivity contribution in [1.29, 1.82) is 0 Å². The highest BCUT2D eigenvalue weighted by Crippen LogP contribution is 2.17. The fourth-order valence-corrected chi connectivity index (χ4v) is 1.64. The minimum Gasteiger partial charge on any atom is -0.314 e. The molecule has 1 rings (SSSR count). The van der Waals surface area contributed by atoms with Crippen molar-refractivity contribution in [2.45, 2.75) is 39.7 Å². The minimum absolute atomic E-state index is 0.151. The zero-order valence-electron chi connectivity index (χ0n) is 10.6. The second-order valence-corrected chi connectivity index (χ2v) is 4.28. The third-order valence-electron chi connectivity index (χ3n) is 2.59. The van der Waals surface area contributed by atoms with E-state index in [1.165, 1.54) is 0 Å². The van der Waals surface area contributed by atoms with Crippen LogP contribution in [0.3, 0.4) is 0 Å². The van der Waals surface area contributed by atoms with Gasteiger partial charge in [-0.05, 0) is 26.8 Å². The van der Waals surface area contributed by atoms with E-state index in [4.69, 9.17) is 0 Å². The summed E-state index contributed by atoms with van der Waals surface area (Å²) in [4.78, 5) is 14.7. The highest BCUT2D eigenvalue weighted by molar-refractivity contribution is 5.38. The van der Waals surface area contributed by atoms with Crippen molar-refractivity contribution in [3.8, 4) is 0 Å². The lowest BCUT2D eigenvalue weighted by Gasteiger charge is -2.12. The Morgan fingerprint density at radius 1 is 1.59 bits per heavy atom. The van der Waals surface area contributed by atoms with Crippen molar-refractivity contribution in [3.63, 3.8) is 0 Å². The summed E-state index contributed by atoms with van der Waals surface area (Å²) in [5, 5.41) is 14.1. The molecule has 0 saturated heterocycles. The molecule has 94 valence electrons. The van der Waals surface area contributed by atoms with Crippen LogP contribution in [0.15, 0.2) is 12.3 Å². The van der Waals surface area contributed by atoms with Crippen LogP contribution >= 0.6 is 0 Å². The molecule has 5 heteroatoms. The average Bonchev–Trinajstić information content (AvgIpc) is 2.28. The van der Waals surface area contributed by atoms with Crippen LogP contribution in [0.1, 0.15) is 31.5 Å². The van der Waals surface area contributed by atoms with Gasteiger partial charge in [0.1, 0.15) is 0 Å². The van der Waals surface area contributed by atoms with Crippen LogP contribution in [0.4, 0.5) is 5.69 Å². The quantitative estimate of drug-likeness (QED) is 0.608. The molecule has 1 unspecified atom stereocenters.